The SMILES string of the molecule is Cc1ccc2ccc3c4ccnc(-c5ccc6c(c5)sc5ccccc56)c4ccc3c2c1. The largest absolute Gasteiger partial charge is 0.256 e. The van der Waals surface area contributed by atoms with Crippen LogP contribution in [0.3, 0.4) is 0 Å². The molecule has 32 heavy (non-hydrogen) atoms. The van der Waals surface area contributed by atoms with Crippen molar-refractivity contribution in [3.05, 3.63) is 103 Å². The van der Waals surface area contributed by atoms with Crippen molar-refractivity contribution >= 4 is 63.8 Å². The van der Waals surface area contributed by atoms with Crippen LogP contribution in [0.15, 0.2) is 97.2 Å². The number of aryl methyl sites for hydroxylation is 1. The summed E-state index contributed by atoms with van der Waals surface area (Å²) in [5.74, 6) is 0. The lowest BCUT2D eigenvalue weighted by molar-refractivity contribution is 1.36. The number of thiophene rings is 1. The van der Waals surface area contributed by atoms with Gasteiger partial charge in [-0.15, -0.1) is 11.3 Å². The average molecular weight is 426 g/mol. The molecular weight excluding hydrogens is 406 g/mol. The lowest BCUT2D eigenvalue weighted by atomic mass is 9.94. The number of hydrogen-bond donors (Lipinski definition) is 0. The van der Waals surface area contributed by atoms with Crippen LogP contribution in [0.4, 0.5) is 0 Å². The molecule has 5 aromatic carbocycles. The standard InChI is InChI=1S/C30H19NS/c1-18-6-7-19-8-10-21-22(27(19)16-18)12-13-26-23(21)14-15-31-30(26)20-9-11-25-24-4-2-3-5-28(24)32-29(25)17-20/h2-17H,1H3. The van der Waals surface area contributed by atoms with Gasteiger partial charge in [0.25, 0.3) is 0 Å². The van der Waals surface area contributed by atoms with Crippen LogP contribution in [-0.4, -0.2) is 4.98 Å². The third-order valence-corrected chi connectivity index (χ3v) is 7.70. The number of hydrogen-bond acceptors (Lipinski definition) is 2. The van der Waals surface area contributed by atoms with Gasteiger partial charge in [0, 0.05) is 37.3 Å². The van der Waals surface area contributed by atoms with Crippen LogP contribution in [0.25, 0.3) is 63.7 Å². The Hall–Kier alpha value is -3.75. The van der Waals surface area contributed by atoms with Gasteiger partial charge in [-0.25, -0.2) is 0 Å². The molecule has 0 saturated heterocycles. The van der Waals surface area contributed by atoms with Crippen molar-refractivity contribution < 1.29 is 0 Å². The summed E-state index contributed by atoms with van der Waals surface area (Å²) < 4.78 is 2.64. The van der Waals surface area contributed by atoms with E-state index in [-0.39, 0.29) is 0 Å². The van der Waals surface area contributed by atoms with E-state index in [1.54, 1.807) is 0 Å². The predicted octanol–water partition coefficient (Wildman–Crippen LogP) is 8.88. The second-order valence-electron chi connectivity index (χ2n) is 8.51. The molecule has 7 aromatic rings. The van der Waals surface area contributed by atoms with Crippen LogP contribution in [0.5, 0.6) is 0 Å². The van der Waals surface area contributed by atoms with Crippen molar-refractivity contribution in [3.8, 4) is 11.3 Å². The molecule has 0 aliphatic rings. The third-order valence-electron chi connectivity index (χ3n) is 6.57. The molecule has 2 heterocycles. The van der Waals surface area contributed by atoms with Crippen molar-refractivity contribution in [2.24, 2.45) is 0 Å². The Morgan fingerprint density at radius 2 is 1.28 bits per heavy atom. The highest BCUT2D eigenvalue weighted by atomic mass is 32.1. The van der Waals surface area contributed by atoms with Gasteiger partial charge < -0.3 is 0 Å². The van der Waals surface area contributed by atoms with E-state index in [0.29, 0.717) is 0 Å². The zero-order chi connectivity index (χ0) is 21.2. The number of aromatic nitrogens is 1. The molecule has 0 atom stereocenters. The van der Waals surface area contributed by atoms with E-state index in [1.807, 2.05) is 17.5 Å². The molecule has 0 unspecified atom stereocenters. The van der Waals surface area contributed by atoms with Crippen LogP contribution in [0, 0.1) is 6.92 Å². The molecule has 0 fully saturated rings. The monoisotopic (exact) mass is 425 g/mol. The van der Waals surface area contributed by atoms with Crippen LogP contribution in [0.2, 0.25) is 0 Å². The summed E-state index contributed by atoms with van der Waals surface area (Å²) >= 11 is 1.85. The van der Waals surface area contributed by atoms with Crippen LogP contribution < -0.4 is 0 Å². The highest BCUT2D eigenvalue weighted by molar-refractivity contribution is 7.25. The van der Waals surface area contributed by atoms with Gasteiger partial charge in [-0.1, -0.05) is 78.4 Å². The van der Waals surface area contributed by atoms with Crippen LogP contribution in [-0.2, 0) is 0 Å². The molecule has 1 nitrogen and oxygen atoms in total. The van der Waals surface area contributed by atoms with E-state index in [1.165, 1.54) is 63.6 Å². The zero-order valence-corrected chi connectivity index (χ0v) is 18.4. The van der Waals surface area contributed by atoms with Gasteiger partial charge in [-0.05, 0) is 52.1 Å². The summed E-state index contributed by atoms with van der Waals surface area (Å²) in [5.41, 5.74) is 3.51. The number of nitrogens with zero attached hydrogens (tertiary/aromatic N) is 1. The van der Waals surface area contributed by atoms with Gasteiger partial charge >= 0.3 is 0 Å². The molecule has 7 rings (SSSR count). The topological polar surface area (TPSA) is 12.9 Å². The second kappa shape index (κ2) is 6.62. The summed E-state index contributed by atoms with van der Waals surface area (Å²) in [6, 6.07) is 33.3. The maximum Gasteiger partial charge on any atom is 0.0780 e. The summed E-state index contributed by atoms with van der Waals surface area (Å²) in [6.45, 7) is 2.16. The van der Waals surface area contributed by atoms with Gasteiger partial charge in [0.2, 0.25) is 0 Å². The Balaban J connectivity index is 1.50. The molecular formula is C30H19NS. The first kappa shape index (κ1) is 17.9. The Kier molecular flexibility index (Phi) is 3.70. The summed E-state index contributed by atoms with van der Waals surface area (Å²) in [7, 11) is 0. The fraction of sp³-hybridized carbons (Fsp3) is 0.0333. The number of fused-ring (bicyclic) bond motifs is 8. The zero-order valence-electron chi connectivity index (χ0n) is 17.6. The average Bonchev–Trinajstić information content (AvgIpc) is 3.21. The van der Waals surface area contributed by atoms with E-state index in [4.69, 9.17) is 4.98 Å². The van der Waals surface area contributed by atoms with Gasteiger partial charge in [-0.3, -0.25) is 4.98 Å². The Morgan fingerprint density at radius 1 is 0.562 bits per heavy atom. The Bertz CT molecular complexity index is 1840. The van der Waals surface area contributed by atoms with Crippen molar-refractivity contribution in [2.75, 3.05) is 0 Å². The molecule has 0 amide bonds. The van der Waals surface area contributed by atoms with Crippen molar-refractivity contribution in [3.63, 3.8) is 0 Å². The minimum absolute atomic E-state index is 1.05. The normalized spacial score (nSPS) is 11.9. The summed E-state index contributed by atoms with van der Waals surface area (Å²) in [6.07, 6.45) is 1.95. The molecule has 0 aliphatic carbocycles. The molecule has 0 N–H and O–H groups in total. The first-order chi connectivity index (χ1) is 15.8. The smallest absolute Gasteiger partial charge is 0.0780 e. The minimum Gasteiger partial charge on any atom is -0.256 e. The molecule has 2 aromatic heterocycles. The number of rotatable bonds is 1. The fourth-order valence-corrected chi connectivity index (χ4v) is 6.16. The van der Waals surface area contributed by atoms with E-state index < -0.39 is 0 Å². The minimum atomic E-state index is 1.05. The third kappa shape index (κ3) is 2.54. The highest BCUT2D eigenvalue weighted by Gasteiger charge is 2.12. The van der Waals surface area contributed by atoms with E-state index >= 15 is 0 Å². The summed E-state index contributed by atoms with van der Waals surface area (Å²) in [4.78, 5) is 4.83. The van der Waals surface area contributed by atoms with Gasteiger partial charge in [0.15, 0.2) is 0 Å². The molecule has 0 bridgehead atoms. The van der Waals surface area contributed by atoms with Crippen molar-refractivity contribution in [1.29, 1.82) is 0 Å². The Morgan fingerprint density at radius 3 is 2.25 bits per heavy atom. The van der Waals surface area contributed by atoms with Crippen molar-refractivity contribution in [2.45, 2.75) is 6.92 Å². The van der Waals surface area contributed by atoms with E-state index in [2.05, 4.69) is 97.9 Å². The second-order valence-corrected chi connectivity index (χ2v) is 9.60. The molecule has 0 aliphatic heterocycles. The van der Waals surface area contributed by atoms with Crippen molar-refractivity contribution in [1.82, 2.24) is 4.98 Å². The first-order valence-corrected chi connectivity index (χ1v) is 11.7. The predicted molar refractivity (Wildman–Crippen MR) is 140 cm³/mol. The van der Waals surface area contributed by atoms with Crippen LogP contribution >= 0.6 is 11.3 Å². The van der Waals surface area contributed by atoms with E-state index in [0.717, 1.165) is 5.69 Å². The van der Waals surface area contributed by atoms with Crippen LogP contribution in [0.1, 0.15) is 5.56 Å². The summed E-state index contributed by atoms with van der Waals surface area (Å²) in [5, 5.41) is 10.3. The maximum atomic E-state index is 4.83. The number of pyridine rings is 1. The van der Waals surface area contributed by atoms with E-state index in [9.17, 15) is 0 Å². The Labute approximate surface area is 189 Å². The molecule has 0 saturated carbocycles. The molecule has 0 spiro atoms. The lowest BCUT2D eigenvalue weighted by Gasteiger charge is -2.11. The van der Waals surface area contributed by atoms with Gasteiger partial charge in [-0.2, -0.15) is 0 Å². The first-order valence-electron chi connectivity index (χ1n) is 10.9. The number of benzene rings is 5. The molecule has 0 radical (unpaired) electrons. The fourth-order valence-electron chi connectivity index (χ4n) is 5.02. The molecule has 2 heteroatoms. The maximum absolute atomic E-state index is 4.83. The quantitative estimate of drug-likeness (QED) is 0.239. The molecule has 150 valence electrons. The van der Waals surface area contributed by atoms with Gasteiger partial charge in [0.1, 0.15) is 0 Å². The lowest BCUT2D eigenvalue weighted by Crippen LogP contribution is -1.88. The highest BCUT2D eigenvalue weighted by Crippen LogP contribution is 2.39. The van der Waals surface area contributed by atoms with Gasteiger partial charge in [0.05, 0.1) is 5.69 Å².